The zero-order valence-corrected chi connectivity index (χ0v) is 20.9. The van der Waals surface area contributed by atoms with Crippen molar-refractivity contribution in [3.8, 4) is 11.6 Å². The third-order valence-electron chi connectivity index (χ3n) is 6.61. The van der Waals surface area contributed by atoms with Crippen molar-refractivity contribution in [1.29, 1.82) is 5.41 Å². The number of hydrogen-bond donors (Lipinski definition) is 3. The molecule has 1 atom stereocenters. The molecule has 0 unspecified atom stereocenters. The first-order valence-corrected chi connectivity index (χ1v) is 12.9. The van der Waals surface area contributed by atoms with Gasteiger partial charge in [0.2, 0.25) is 5.88 Å². The molecule has 4 aromatic rings. The number of ether oxygens (including phenoxy) is 1. The van der Waals surface area contributed by atoms with Crippen LogP contribution in [0.3, 0.4) is 0 Å². The number of carbonyl (C=O) groups is 2. The molecule has 3 N–H and O–H groups in total. The fourth-order valence-electron chi connectivity index (χ4n) is 4.81. The maximum atomic E-state index is 13.4. The van der Waals surface area contributed by atoms with Crippen LogP contribution < -0.4 is 20.3 Å². The highest BCUT2D eigenvalue weighted by Crippen LogP contribution is 2.46. The molecule has 0 radical (unpaired) electrons. The van der Waals surface area contributed by atoms with Crippen LogP contribution in [0, 0.1) is 12.3 Å². The number of aryl methyl sites for hydroxylation is 1. The number of nitrogens with one attached hydrogen (secondary N) is 3. The highest BCUT2D eigenvalue weighted by atomic mass is 32.1. The average Bonchev–Trinajstić information content (AvgIpc) is 3.26. The van der Waals surface area contributed by atoms with E-state index in [1.807, 2.05) is 37.3 Å². The number of aromatic nitrogens is 2. The van der Waals surface area contributed by atoms with Crippen molar-refractivity contribution < 1.29 is 14.3 Å². The van der Waals surface area contributed by atoms with Crippen molar-refractivity contribution in [1.82, 2.24) is 15.3 Å². The van der Waals surface area contributed by atoms with Gasteiger partial charge in [0.1, 0.15) is 15.5 Å². The number of thiophene rings is 1. The first-order valence-electron chi connectivity index (χ1n) is 12.1. The number of carbonyl (C=O) groups excluding carboxylic acids is 2. The Morgan fingerprint density at radius 1 is 1.16 bits per heavy atom. The normalized spacial score (nSPS) is 17.0. The van der Waals surface area contributed by atoms with Crippen LogP contribution in [0.2, 0.25) is 0 Å². The molecule has 1 aliphatic heterocycles. The number of amides is 3. The molecule has 186 valence electrons. The van der Waals surface area contributed by atoms with Gasteiger partial charge in [0.15, 0.2) is 0 Å². The summed E-state index contributed by atoms with van der Waals surface area (Å²) in [7, 11) is 0. The zero-order chi connectivity index (χ0) is 25.5. The quantitative estimate of drug-likeness (QED) is 0.295. The van der Waals surface area contributed by atoms with Crippen molar-refractivity contribution in [3.05, 3.63) is 65.3 Å². The summed E-state index contributed by atoms with van der Waals surface area (Å²) in [4.78, 5) is 38.3. The van der Waals surface area contributed by atoms with Crippen LogP contribution in [-0.2, 0) is 0 Å². The van der Waals surface area contributed by atoms with Crippen molar-refractivity contribution in [3.63, 3.8) is 0 Å². The Morgan fingerprint density at radius 3 is 2.78 bits per heavy atom. The zero-order valence-electron chi connectivity index (χ0n) is 20.1. The van der Waals surface area contributed by atoms with E-state index < -0.39 is 0 Å². The second-order valence-electron chi connectivity index (χ2n) is 9.05. The summed E-state index contributed by atoms with van der Waals surface area (Å²) in [6.45, 7) is 1.82. The minimum atomic E-state index is -0.389. The molecule has 6 rings (SSSR count). The van der Waals surface area contributed by atoms with Gasteiger partial charge in [0.05, 0.1) is 34.2 Å². The molecule has 10 heteroatoms. The van der Waals surface area contributed by atoms with Crippen LogP contribution in [0.25, 0.3) is 10.2 Å². The molecule has 0 bridgehead atoms. The molecule has 1 aliphatic carbocycles. The number of para-hydroxylation sites is 1. The van der Waals surface area contributed by atoms with E-state index in [2.05, 4.69) is 20.6 Å². The van der Waals surface area contributed by atoms with Crippen LogP contribution >= 0.6 is 11.3 Å². The predicted molar refractivity (Wildman–Crippen MR) is 144 cm³/mol. The van der Waals surface area contributed by atoms with E-state index in [1.54, 1.807) is 29.3 Å². The largest absolute Gasteiger partial charge is 0.439 e. The van der Waals surface area contributed by atoms with Crippen LogP contribution in [0.15, 0.2) is 54.7 Å². The minimum Gasteiger partial charge on any atom is -0.439 e. The number of hydrogen-bond acceptors (Lipinski definition) is 7. The van der Waals surface area contributed by atoms with Gasteiger partial charge in [0.25, 0.3) is 5.91 Å². The third-order valence-corrected chi connectivity index (χ3v) is 7.70. The van der Waals surface area contributed by atoms with Gasteiger partial charge in [-0.25, -0.2) is 14.8 Å². The Morgan fingerprint density at radius 2 is 2.00 bits per heavy atom. The lowest BCUT2D eigenvalue weighted by molar-refractivity contribution is 0.0948. The Balaban J connectivity index is 1.34. The molecule has 37 heavy (non-hydrogen) atoms. The monoisotopic (exact) mass is 512 g/mol. The predicted octanol–water partition coefficient (Wildman–Crippen LogP) is 6.17. The number of benzene rings is 1. The van der Waals surface area contributed by atoms with Crippen LogP contribution in [-0.4, -0.2) is 33.7 Å². The summed E-state index contributed by atoms with van der Waals surface area (Å²) in [5.74, 6) is 0.800. The number of nitrogens with zero attached hydrogens (tertiary/aromatic N) is 3. The molecule has 1 aromatic carbocycles. The summed E-state index contributed by atoms with van der Waals surface area (Å²) in [6, 6.07) is 14.0. The lowest BCUT2D eigenvalue weighted by atomic mass is 9.93. The molecular formula is C27H24N6O3S. The fraction of sp³-hybridized carbons (Fsp3) is 0.222. The van der Waals surface area contributed by atoms with Crippen molar-refractivity contribution in [2.75, 3.05) is 10.2 Å². The molecule has 0 spiro atoms. The smallest absolute Gasteiger partial charge is 0.331 e. The standard InChI is InChI=1S/C27H24N6O3S/c1-15-19(11-12-21(30-15)36-16-7-3-2-4-8-16)33-20-13-14-29-26-22(20)23(32-27(33)35)24(37-26)25(34)31-18-10-6-5-9-17(18)28/h2-4,7-8,11-14,18,28H,5-6,9-10H2,1H3,(H,31,34)(H,32,35)/t18-/m1/s1. The first-order chi connectivity index (χ1) is 18.0. The van der Waals surface area contributed by atoms with Gasteiger partial charge < -0.3 is 20.8 Å². The highest BCUT2D eigenvalue weighted by Gasteiger charge is 2.34. The Labute approximate surface area is 217 Å². The van der Waals surface area contributed by atoms with Crippen molar-refractivity contribution in [2.45, 2.75) is 38.6 Å². The molecule has 9 nitrogen and oxygen atoms in total. The van der Waals surface area contributed by atoms with Crippen LogP contribution in [0.5, 0.6) is 11.6 Å². The third kappa shape index (κ3) is 4.19. The summed E-state index contributed by atoms with van der Waals surface area (Å²) >= 11 is 1.24. The maximum Gasteiger partial charge on any atom is 0.331 e. The van der Waals surface area contributed by atoms with E-state index in [0.29, 0.717) is 61.6 Å². The molecule has 1 saturated carbocycles. The van der Waals surface area contributed by atoms with Gasteiger partial charge in [-0.2, -0.15) is 0 Å². The lowest BCUT2D eigenvalue weighted by Gasteiger charge is -2.29. The van der Waals surface area contributed by atoms with Gasteiger partial charge in [-0.05, 0) is 50.5 Å². The van der Waals surface area contributed by atoms with Gasteiger partial charge in [-0.3, -0.25) is 9.69 Å². The fourth-order valence-corrected chi connectivity index (χ4v) is 5.83. The minimum absolute atomic E-state index is 0.271. The molecule has 3 aromatic heterocycles. The summed E-state index contributed by atoms with van der Waals surface area (Å²) in [5.41, 5.74) is 2.85. The van der Waals surface area contributed by atoms with E-state index in [-0.39, 0.29) is 18.0 Å². The Hall–Kier alpha value is -4.31. The number of rotatable bonds is 5. The molecule has 4 heterocycles. The molecule has 1 fully saturated rings. The van der Waals surface area contributed by atoms with Crippen LogP contribution in [0.1, 0.15) is 41.0 Å². The van der Waals surface area contributed by atoms with Gasteiger partial charge >= 0.3 is 6.03 Å². The molecule has 0 saturated heterocycles. The number of urea groups is 1. The second kappa shape index (κ2) is 9.29. The van der Waals surface area contributed by atoms with Gasteiger partial charge in [0, 0.05) is 18.0 Å². The number of pyridine rings is 2. The lowest BCUT2D eigenvalue weighted by Crippen LogP contribution is -2.42. The Bertz CT molecular complexity index is 1550. The van der Waals surface area contributed by atoms with Crippen molar-refractivity contribution >= 4 is 56.3 Å². The maximum absolute atomic E-state index is 13.4. The van der Waals surface area contributed by atoms with Gasteiger partial charge in [-0.1, -0.05) is 24.6 Å². The van der Waals surface area contributed by atoms with Gasteiger partial charge in [-0.15, -0.1) is 11.3 Å². The Kier molecular flexibility index (Phi) is 5.80. The second-order valence-corrected chi connectivity index (χ2v) is 10.0. The van der Waals surface area contributed by atoms with E-state index in [9.17, 15) is 9.59 Å². The number of anilines is 3. The molecule has 3 amide bonds. The first kappa shape index (κ1) is 23.1. The topological polar surface area (TPSA) is 120 Å². The average molecular weight is 513 g/mol. The van der Waals surface area contributed by atoms with E-state index in [4.69, 9.17) is 10.1 Å². The van der Waals surface area contributed by atoms with Crippen molar-refractivity contribution in [2.24, 2.45) is 0 Å². The van der Waals surface area contributed by atoms with E-state index in [0.717, 1.165) is 19.3 Å². The highest BCUT2D eigenvalue weighted by molar-refractivity contribution is 7.21. The summed E-state index contributed by atoms with van der Waals surface area (Å²) < 4.78 is 5.84. The van der Waals surface area contributed by atoms with E-state index in [1.165, 1.54) is 11.3 Å². The van der Waals surface area contributed by atoms with E-state index >= 15 is 0 Å². The molecule has 2 aliphatic rings. The van der Waals surface area contributed by atoms with Crippen LogP contribution in [0.4, 0.5) is 21.9 Å². The molecular weight excluding hydrogens is 488 g/mol. The summed E-state index contributed by atoms with van der Waals surface area (Å²) in [6.07, 6.45) is 5.05. The SMILES string of the molecule is Cc1nc(Oc2ccccc2)ccc1N1C(=O)Nc2c(C(=O)N[C@@H]3CCCCC3=N)sc3nccc1c23. The summed E-state index contributed by atoms with van der Waals surface area (Å²) in [5, 5.41) is 14.8.